The minimum absolute atomic E-state index is 0.478. The first kappa shape index (κ1) is 21.6. The van der Waals surface area contributed by atoms with Crippen LogP contribution in [-0.4, -0.2) is 0 Å². The lowest BCUT2D eigenvalue weighted by atomic mass is 9.36. The molecule has 5 unspecified atom stereocenters. The van der Waals surface area contributed by atoms with E-state index in [1.165, 1.54) is 64.2 Å². The largest absolute Gasteiger partial charge is 0.0839 e. The van der Waals surface area contributed by atoms with E-state index in [4.69, 9.17) is 0 Å². The Labute approximate surface area is 188 Å². The maximum Gasteiger partial charge on any atom is -0.00801 e. The Morgan fingerprint density at radius 1 is 0.767 bits per heavy atom. The molecular weight excluding hydrogens is 360 g/mol. The van der Waals surface area contributed by atoms with Crippen molar-refractivity contribution in [3.8, 4) is 0 Å². The van der Waals surface area contributed by atoms with E-state index in [0.29, 0.717) is 27.1 Å². The van der Waals surface area contributed by atoms with Crippen LogP contribution in [-0.2, 0) is 0 Å². The molecule has 8 atom stereocenters. The van der Waals surface area contributed by atoms with Gasteiger partial charge in [-0.2, -0.15) is 0 Å². The van der Waals surface area contributed by atoms with Gasteiger partial charge in [-0.25, -0.2) is 0 Å². The first-order valence-corrected chi connectivity index (χ1v) is 13.6. The fraction of sp³-hybridized carbons (Fsp3) is 0.933. The van der Waals surface area contributed by atoms with E-state index in [1.54, 1.807) is 0 Å². The van der Waals surface area contributed by atoms with Crippen molar-refractivity contribution in [2.24, 2.45) is 56.7 Å². The Bertz CT molecular complexity index is 741. The minimum Gasteiger partial charge on any atom is -0.0839 e. The monoisotopic (exact) mass is 410 g/mol. The van der Waals surface area contributed by atoms with E-state index in [-0.39, 0.29) is 0 Å². The molecule has 0 aromatic rings. The summed E-state index contributed by atoms with van der Waals surface area (Å²) in [6.45, 7) is 21.1. The van der Waals surface area contributed by atoms with Gasteiger partial charge in [0.2, 0.25) is 0 Å². The molecule has 170 valence electrons. The number of hydrogen-bond donors (Lipinski definition) is 0. The number of rotatable bonds is 1. The van der Waals surface area contributed by atoms with Crippen molar-refractivity contribution in [3.05, 3.63) is 11.6 Å². The van der Waals surface area contributed by atoms with Crippen LogP contribution in [0.25, 0.3) is 0 Å². The normalized spacial score (nSPS) is 54.6. The number of hydrogen-bond acceptors (Lipinski definition) is 0. The van der Waals surface area contributed by atoms with E-state index in [9.17, 15) is 0 Å². The molecule has 5 rings (SSSR count). The zero-order chi connectivity index (χ0) is 21.7. The lowest BCUT2D eigenvalue weighted by molar-refractivity contribution is -0.156. The van der Waals surface area contributed by atoms with E-state index in [1.807, 2.05) is 5.57 Å². The van der Waals surface area contributed by atoms with Gasteiger partial charge < -0.3 is 0 Å². The second-order valence-electron chi connectivity index (χ2n) is 14.6. The molecule has 0 bridgehead atoms. The Hall–Kier alpha value is -0.260. The molecule has 5 aliphatic rings. The summed E-state index contributed by atoms with van der Waals surface area (Å²) in [6.07, 6.45) is 17.4. The number of allylic oxidation sites excluding steroid dienone is 2. The molecule has 4 fully saturated rings. The topological polar surface area (TPSA) is 0 Å². The maximum absolute atomic E-state index is 2.86. The summed E-state index contributed by atoms with van der Waals surface area (Å²) in [6, 6.07) is 0. The van der Waals surface area contributed by atoms with Crippen LogP contribution < -0.4 is 0 Å². The molecule has 0 saturated heterocycles. The van der Waals surface area contributed by atoms with Crippen molar-refractivity contribution in [1.82, 2.24) is 0 Å². The van der Waals surface area contributed by atoms with Crippen LogP contribution in [0.4, 0.5) is 0 Å². The maximum atomic E-state index is 2.86. The summed E-state index contributed by atoms with van der Waals surface area (Å²) in [5.41, 5.74) is 4.55. The van der Waals surface area contributed by atoms with Crippen LogP contribution in [0.5, 0.6) is 0 Å². The summed E-state index contributed by atoms with van der Waals surface area (Å²) in [5, 5.41) is 0. The van der Waals surface area contributed by atoms with Gasteiger partial charge in [0.1, 0.15) is 0 Å². The molecule has 0 amide bonds. The van der Waals surface area contributed by atoms with E-state index in [2.05, 4.69) is 61.5 Å². The van der Waals surface area contributed by atoms with Gasteiger partial charge in [-0.05, 0) is 114 Å². The van der Waals surface area contributed by atoms with E-state index < -0.39 is 0 Å². The summed E-state index contributed by atoms with van der Waals surface area (Å²) < 4.78 is 0. The average molecular weight is 411 g/mol. The lowest BCUT2D eigenvalue weighted by Crippen LogP contribution is -2.61. The summed E-state index contributed by atoms with van der Waals surface area (Å²) in [7, 11) is 0. The average Bonchev–Trinajstić information content (AvgIpc) is 3.01. The summed E-state index contributed by atoms with van der Waals surface area (Å²) in [4.78, 5) is 0. The first-order chi connectivity index (χ1) is 13.9. The molecule has 0 aromatic heterocycles. The molecule has 5 aliphatic carbocycles. The smallest absolute Gasteiger partial charge is 0.00801 e. The second-order valence-corrected chi connectivity index (χ2v) is 14.6. The third-order valence-corrected chi connectivity index (χ3v) is 13.0. The van der Waals surface area contributed by atoms with Gasteiger partial charge in [0.25, 0.3) is 0 Å². The quantitative estimate of drug-likeness (QED) is 0.378. The second kappa shape index (κ2) is 6.41. The highest BCUT2D eigenvalue weighted by Crippen LogP contribution is 2.76. The summed E-state index contributed by atoms with van der Waals surface area (Å²) in [5.74, 6) is 4.49. The zero-order valence-electron chi connectivity index (χ0n) is 21.5. The molecule has 0 nitrogen and oxygen atoms in total. The molecule has 0 radical (unpaired) electrons. The molecule has 0 spiro atoms. The Kier molecular flexibility index (Phi) is 4.61. The van der Waals surface area contributed by atoms with E-state index >= 15 is 0 Å². The highest BCUT2D eigenvalue weighted by Gasteiger charge is 2.67. The van der Waals surface area contributed by atoms with Crippen LogP contribution in [0.15, 0.2) is 11.6 Å². The van der Waals surface area contributed by atoms with Gasteiger partial charge >= 0.3 is 0 Å². The highest BCUT2D eigenvalue weighted by molar-refractivity contribution is 5.32. The van der Waals surface area contributed by atoms with Gasteiger partial charge in [-0.1, -0.05) is 73.5 Å². The standard InChI is InChI=1S/C30H50/c1-20(2)21-10-13-25-28(21,6)18-19-29(7)23-11-12-24-26(3,4)15-9-16-27(24,5)22(23)14-17-30(25,29)8/h14,20-21,23-25H,9-13,15-19H2,1-8H3/t21?,23?,24?,25-,27-,28?,29-,30?/m1/s1. The summed E-state index contributed by atoms with van der Waals surface area (Å²) >= 11 is 0. The van der Waals surface area contributed by atoms with Crippen molar-refractivity contribution in [3.63, 3.8) is 0 Å². The van der Waals surface area contributed by atoms with Crippen molar-refractivity contribution in [2.75, 3.05) is 0 Å². The lowest BCUT2D eigenvalue weighted by Gasteiger charge is -2.69. The Morgan fingerprint density at radius 3 is 2.17 bits per heavy atom. The van der Waals surface area contributed by atoms with Gasteiger partial charge in [0.05, 0.1) is 0 Å². The first-order valence-electron chi connectivity index (χ1n) is 13.6. The van der Waals surface area contributed by atoms with Crippen LogP contribution >= 0.6 is 0 Å². The number of fused-ring (bicyclic) bond motifs is 7. The zero-order valence-corrected chi connectivity index (χ0v) is 21.5. The third-order valence-electron chi connectivity index (χ3n) is 13.0. The molecule has 0 aliphatic heterocycles. The predicted molar refractivity (Wildman–Crippen MR) is 129 cm³/mol. The Morgan fingerprint density at radius 2 is 1.47 bits per heavy atom. The highest BCUT2D eigenvalue weighted by atomic mass is 14.7. The van der Waals surface area contributed by atoms with Crippen molar-refractivity contribution in [2.45, 2.75) is 120 Å². The fourth-order valence-electron chi connectivity index (χ4n) is 11.3. The van der Waals surface area contributed by atoms with Gasteiger partial charge in [-0.15, -0.1) is 0 Å². The predicted octanol–water partition coefficient (Wildman–Crippen LogP) is 9.05. The molecule has 0 heterocycles. The molecule has 0 N–H and O–H groups in total. The van der Waals surface area contributed by atoms with Gasteiger partial charge in [0, 0.05) is 0 Å². The van der Waals surface area contributed by atoms with Gasteiger partial charge in [-0.3, -0.25) is 0 Å². The molecule has 30 heavy (non-hydrogen) atoms. The van der Waals surface area contributed by atoms with Crippen molar-refractivity contribution < 1.29 is 0 Å². The van der Waals surface area contributed by atoms with Crippen LogP contribution in [0.2, 0.25) is 0 Å². The third kappa shape index (κ3) is 2.46. The molecular formula is C30H50. The van der Waals surface area contributed by atoms with Crippen LogP contribution in [0.1, 0.15) is 120 Å². The van der Waals surface area contributed by atoms with Gasteiger partial charge in [0.15, 0.2) is 0 Å². The van der Waals surface area contributed by atoms with Crippen molar-refractivity contribution in [1.29, 1.82) is 0 Å². The van der Waals surface area contributed by atoms with Crippen molar-refractivity contribution >= 4 is 0 Å². The molecule has 0 aromatic carbocycles. The SMILES string of the molecule is CC(C)C1CC[C@@H]2C1(C)CC[C@]1(C)C3CCC4C(C)(C)CCC[C@]4(C)C3=CCC21C. The fourth-order valence-corrected chi connectivity index (χ4v) is 11.3. The minimum atomic E-state index is 0.478. The van der Waals surface area contributed by atoms with Crippen LogP contribution in [0.3, 0.4) is 0 Å². The van der Waals surface area contributed by atoms with Crippen LogP contribution in [0, 0.1) is 56.7 Å². The molecule has 4 saturated carbocycles. The Balaban J connectivity index is 1.56. The van der Waals surface area contributed by atoms with E-state index in [0.717, 1.165) is 29.6 Å². The molecule has 0 heteroatoms.